The van der Waals surface area contributed by atoms with Gasteiger partial charge in [-0.05, 0) is 30.2 Å². The zero-order valence-electron chi connectivity index (χ0n) is 11.1. The Morgan fingerprint density at radius 1 is 1.20 bits per heavy atom. The van der Waals surface area contributed by atoms with E-state index >= 15 is 0 Å². The fourth-order valence-corrected chi connectivity index (χ4v) is 2.07. The van der Waals surface area contributed by atoms with E-state index in [1.807, 2.05) is 31.2 Å². The highest BCUT2D eigenvalue weighted by molar-refractivity contribution is 5.52. The molecule has 0 aliphatic carbocycles. The largest absolute Gasteiger partial charge is 0.380 e. The summed E-state index contributed by atoms with van der Waals surface area (Å²) in [5.41, 5.74) is 2.29. The Morgan fingerprint density at radius 2 is 1.95 bits per heavy atom. The zero-order chi connectivity index (χ0) is 14.5. The fourth-order valence-electron chi connectivity index (χ4n) is 2.07. The number of nitrogens with zero attached hydrogens (tertiary/aromatic N) is 1. The van der Waals surface area contributed by atoms with Crippen LogP contribution in [0, 0.1) is 15.9 Å². The maximum atomic E-state index is 13.2. The van der Waals surface area contributed by atoms with Gasteiger partial charge < -0.3 is 5.32 Å². The highest BCUT2D eigenvalue weighted by Gasteiger charge is 2.14. The van der Waals surface area contributed by atoms with Crippen LogP contribution in [0.2, 0.25) is 0 Å². The van der Waals surface area contributed by atoms with Gasteiger partial charge in [-0.2, -0.15) is 0 Å². The first-order valence-electron chi connectivity index (χ1n) is 6.36. The quantitative estimate of drug-likeness (QED) is 0.664. The van der Waals surface area contributed by atoms with Crippen LogP contribution in [0.5, 0.6) is 0 Å². The lowest BCUT2D eigenvalue weighted by atomic mass is 10.1. The third kappa shape index (κ3) is 3.12. The predicted octanol–water partition coefficient (Wildman–Crippen LogP) is 3.91. The first-order valence-corrected chi connectivity index (χ1v) is 6.36. The molecule has 0 amide bonds. The molecule has 104 valence electrons. The summed E-state index contributed by atoms with van der Waals surface area (Å²) in [6.45, 7) is 2.25. The highest BCUT2D eigenvalue weighted by Crippen LogP contribution is 2.22. The minimum Gasteiger partial charge on any atom is -0.380 e. The second-order valence-electron chi connectivity index (χ2n) is 4.39. The van der Waals surface area contributed by atoms with Crippen molar-refractivity contribution < 1.29 is 9.31 Å². The van der Waals surface area contributed by atoms with E-state index < -0.39 is 10.7 Å². The van der Waals surface area contributed by atoms with Crippen LogP contribution in [0.4, 0.5) is 15.8 Å². The third-order valence-electron chi connectivity index (χ3n) is 3.11. The van der Waals surface area contributed by atoms with Gasteiger partial charge in [0.15, 0.2) is 0 Å². The molecular formula is C15H15FN2O2. The predicted molar refractivity (Wildman–Crippen MR) is 76.2 cm³/mol. The molecule has 2 rings (SSSR count). The van der Waals surface area contributed by atoms with E-state index in [1.165, 1.54) is 12.1 Å². The average Bonchev–Trinajstić information content (AvgIpc) is 2.45. The summed E-state index contributed by atoms with van der Waals surface area (Å²) >= 11 is 0. The molecule has 20 heavy (non-hydrogen) atoms. The summed E-state index contributed by atoms with van der Waals surface area (Å²) in [5, 5.41) is 14.1. The van der Waals surface area contributed by atoms with Crippen LogP contribution in [0.1, 0.15) is 18.1 Å². The van der Waals surface area contributed by atoms with Crippen molar-refractivity contribution in [3.63, 3.8) is 0 Å². The first kappa shape index (κ1) is 14.0. The van der Waals surface area contributed by atoms with E-state index in [4.69, 9.17) is 0 Å². The molecule has 0 unspecified atom stereocenters. The van der Waals surface area contributed by atoms with E-state index in [0.29, 0.717) is 5.56 Å². The molecule has 0 atom stereocenters. The number of hydrogen-bond donors (Lipinski definition) is 1. The van der Waals surface area contributed by atoms with Crippen LogP contribution in [-0.2, 0) is 13.0 Å². The van der Waals surface area contributed by atoms with Gasteiger partial charge >= 0.3 is 0 Å². The van der Waals surface area contributed by atoms with Crippen LogP contribution >= 0.6 is 0 Å². The summed E-state index contributed by atoms with van der Waals surface area (Å²) < 4.78 is 13.2. The first-order chi connectivity index (χ1) is 9.61. The van der Waals surface area contributed by atoms with Gasteiger partial charge in [0.25, 0.3) is 5.69 Å². The molecule has 0 saturated heterocycles. The van der Waals surface area contributed by atoms with Crippen molar-refractivity contribution in [2.75, 3.05) is 5.32 Å². The summed E-state index contributed by atoms with van der Waals surface area (Å²) in [4.78, 5) is 10.4. The van der Waals surface area contributed by atoms with Crippen molar-refractivity contribution in [2.45, 2.75) is 19.9 Å². The molecule has 2 aromatic carbocycles. The SMILES string of the molecule is CCc1ccccc1NCc1cc(F)ccc1[N+](=O)[O-]. The van der Waals surface area contributed by atoms with Crippen molar-refractivity contribution >= 4 is 11.4 Å². The number of anilines is 1. The minimum absolute atomic E-state index is 0.0760. The maximum Gasteiger partial charge on any atom is 0.274 e. The fraction of sp³-hybridized carbons (Fsp3) is 0.200. The summed E-state index contributed by atoms with van der Waals surface area (Å²) in [6, 6.07) is 11.2. The number of benzene rings is 2. The number of nitro benzene ring substituents is 1. The summed E-state index contributed by atoms with van der Waals surface area (Å²) in [5.74, 6) is -0.476. The number of halogens is 1. The van der Waals surface area contributed by atoms with E-state index in [0.717, 1.165) is 23.7 Å². The molecule has 0 aliphatic heterocycles. The van der Waals surface area contributed by atoms with Crippen molar-refractivity contribution in [1.29, 1.82) is 0 Å². The Morgan fingerprint density at radius 3 is 2.65 bits per heavy atom. The van der Waals surface area contributed by atoms with Gasteiger partial charge in [0.1, 0.15) is 5.82 Å². The van der Waals surface area contributed by atoms with Crippen molar-refractivity contribution in [1.82, 2.24) is 0 Å². The van der Waals surface area contributed by atoms with E-state index in [2.05, 4.69) is 5.32 Å². The third-order valence-corrected chi connectivity index (χ3v) is 3.11. The average molecular weight is 274 g/mol. The molecule has 0 radical (unpaired) electrons. The molecule has 0 aromatic heterocycles. The molecule has 0 heterocycles. The molecule has 0 fully saturated rings. The summed E-state index contributed by atoms with van der Waals surface area (Å²) in [7, 11) is 0. The van der Waals surface area contributed by atoms with Crippen LogP contribution < -0.4 is 5.32 Å². The van der Waals surface area contributed by atoms with Gasteiger partial charge in [0, 0.05) is 18.3 Å². The van der Waals surface area contributed by atoms with Gasteiger partial charge in [-0.15, -0.1) is 0 Å². The molecule has 0 aliphatic rings. The molecule has 1 N–H and O–H groups in total. The smallest absolute Gasteiger partial charge is 0.274 e. The Balaban J connectivity index is 2.22. The summed E-state index contributed by atoms with van der Waals surface area (Å²) in [6.07, 6.45) is 0.856. The molecule has 0 bridgehead atoms. The van der Waals surface area contributed by atoms with E-state index in [-0.39, 0.29) is 12.2 Å². The van der Waals surface area contributed by atoms with Gasteiger partial charge in [0.05, 0.1) is 10.5 Å². The Labute approximate surface area is 116 Å². The Bertz CT molecular complexity index is 629. The lowest BCUT2D eigenvalue weighted by Gasteiger charge is -2.11. The van der Waals surface area contributed by atoms with Crippen molar-refractivity contribution in [3.05, 3.63) is 69.5 Å². The van der Waals surface area contributed by atoms with Crippen molar-refractivity contribution in [2.24, 2.45) is 0 Å². The molecule has 0 saturated carbocycles. The number of aryl methyl sites for hydroxylation is 1. The molecule has 4 nitrogen and oxygen atoms in total. The van der Waals surface area contributed by atoms with Gasteiger partial charge in [-0.25, -0.2) is 4.39 Å². The number of hydrogen-bond acceptors (Lipinski definition) is 3. The molecule has 2 aromatic rings. The van der Waals surface area contributed by atoms with Gasteiger partial charge in [-0.3, -0.25) is 10.1 Å². The van der Waals surface area contributed by atoms with Gasteiger partial charge in [0.2, 0.25) is 0 Å². The molecule has 0 spiro atoms. The topological polar surface area (TPSA) is 55.2 Å². The second-order valence-corrected chi connectivity index (χ2v) is 4.39. The number of para-hydroxylation sites is 1. The number of nitrogens with one attached hydrogen (secondary N) is 1. The monoisotopic (exact) mass is 274 g/mol. The minimum atomic E-state index is -0.498. The van der Waals surface area contributed by atoms with Crippen molar-refractivity contribution in [3.8, 4) is 0 Å². The second kappa shape index (κ2) is 6.14. The normalized spacial score (nSPS) is 10.3. The number of rotatable bonds is 5. The van der Waals surface area contributed by atoms with Gasteiger partial charge in [-0.1, -0.05) is 25.1 Å². The van der Waals surface area contributed by atoms with Crippen LogP contribution in [0.25, 0.3) is 0 Å². The maximum absolute atomic E-state index is 13.2. The molecule has 5 heteroatoms. The Kier molecular flexibility index (Phi) is 4.30. The van der Waals surface area contributed by atoms with Crippen LogP contribution in [0.15, 0.2) is 42.5 Å². The van der Waals surface area contributed by atoms with E-state index in [1.54, 1.807) is 0 Å². The lowest BCUT2D eigenvalue weighted by Crippen LogP contribution is -2.05. The van der Waals surface area contributed by atoms with E-state index in [9.17, 15) is 14.5 Å². The lowest BCUT2D eigenvalue weighted by molar-refractivity contribution is -0.385. The zero-order valence-corrected chi connectivity index (χ0v) is 11.1. The molecular weight excluding hydrogens is 259 g/mol. The standard InChI is InChI=1S/C15H15FN2O2/c1-2-11-5-3-4-6-14(11)17-10-12-9-13(16)7-8-15(12)18(19)20/h3-9,17H,2,10H2,1H3. The van der Waals surface area contributed by atoms with Crippen LogP contribution in [0.3, 0.4) is 0 Å². The van der Waals surface area contributed by atoms with Crippen LogP contribution in [-0.4, -0.2) is 4.92 Å². The Hall–Kier alpha value is -2.43. The number of nitro groups is 1. The highest BCUT2D eigenvalue weighted by atomic mass is 19.1.